The third kappa shape index (κ3) is 5.09. The predicted octanol–water partition coefficient (Wildman–Crippen LogP) is 5.57. The standard InChI is InChI=1S/C22H28BrNO2/c1-17-11-14-24(15-12-17)16-13-22(2,25)18-7-9-19(10-8-18)26-21-6-4-3-5-20(21)23/h3-10,17,25H,11-16H2,1-2H3. The Bertz CT molecular complexity index is 706. The maximum Gasteiger partial charge on any atom is 0.141 e. The number of likely N-dealkylation sites (tertiary alicyclic amines) is 1. The topological polar surface area (TPSA) is 32.7 Å². The Kier molecular flexibility index (Phi) is 6.38. The van der Waals surface area contributed by atoms with Gasteiger partial charge in [0.05, 0.1) is 10.1 Å². The first kappa shape index (κ1) is 19.4. The maximum absolute atomic E-state index is 10.9. The Labute approximate surface area is 165 Å². The van der Waals surface area contributed by atoms with Gasteiger partial charge in [0.15, 0.2) is 0 Å². The molecule has 0 amide bonds. The lowest BCUT2D eigenvalue weighted by atomic mass is 9.91. The second-order valence-corrected chi connectivity index (χ2v) is 8.46. The van der Waals surface area contributed by atoms with Crippen LogP contribution in [0.4, 0.5) is 0 Å². The van der Waals surface area contributed by atoms with Crippen molar-refractivity contribution in [2.45, 2.75) is 38.7 Å². The van der Waals surface area contributed by atoms with Gasteiger partial charge in [-0.3, -0.25) is 0 Å². The van der Waals surface area contributed by atoms with Crippen LogP contribution in [-0.4, -0.2) is 29.6 Å². The van der Waals surface area contributed by atoms with Crippen LogP contribution in [-0.2, 0) is 5.60 Å². The Morgan fingerprint density at radius 2 is 1.77 bits per heavy atom. The second kappa shape index (κ2) is 8.55. The van der Waals surface area contributed by atoms with E-state index in [1.54, 1.807) is 0 Å². The molecule has 1 saturated heterocycles. The molecular formula is C22H28BrNO2. The number of halogens is 1. The average molecular weight is 418 g/mol. The number of piperidine rings is 1. The average Bonchev–Trinajstić information content (AvgIpc) is 2.64. The molecule has 0 spiro atoms. The van der Waals surface area contributed by atoms with E-state index in [0.717, 1.165) is 53.5 Å². The van der Waals surface area contributed by atoms with Gasteiger partial charge in [0.25, 0.3) is 0 Å². The second-order valence-electron chi connectivity index (χ2n) is 7.60. The molecule has 1 N–H and O–H groups in total. The number of nitrogens with zero attached hydrogens (tertiary/aromatic N) is 1. The minimum absolute atomic E-state index is 0.742. The minimum atomic E-state index is -0.824. The van der Waals surface area contributed by atoms with Crippen molar-refractivity contribution in [3.8, 4) is 11.5 Å². The van der Waals surface area contributed by atoms with Crippen LogP contribution in [0.2, 0.25) is 0 Å². The molecule has 140 valence electrons. The molecule has 2 aromatic rings. The van der Waals surface area contributed by atoms with Crippen LogP contribution in [0.5, 0.6) is 11.5 Å². The lowest BCUT2D eigenvalue weighted by Crippen LogP contribution is -2.36. The molecule has 0 radical (unpaired) electrons. The first-order chi connectivity index (χ1) is 12.4. The summed E-state index contributed by atoms with van der Waals surface area (Å²) in [5.41, 5.74) is 0.108. The Morgan fingerprint density at radius 1 is 1.12 bits per heavy atom. The molecule has 0 aromatic heterocycles. The van der Waals surface area contributed by atoms with E-state index in [9.17, 15) is 5.11 Å². The molecular weight excluding hydrogens is 390 g/mol. The zero-order valence-corrected chi connectivity index (χ0v) is 17.2. The largest absolute Gasteiger partial charge is 0.456 e. The quantitative estimate of drug-likeness (QED) is 0.666. The number of aliphatic hydroxyl groups is 1. The molecule has 4 heteroatoms. The van der Waals surface area contributed by atoms with Crippen LogP contribution in [0.15, 0.2) is 53.0 Å². The molecule has 2 aromatic carbocycles. The van der Waals surface area contributed by atoms with E-state index in [0.29, 0.717) is 0 Å². The lowest BCUT2D eigenvalue weighted by molar-refractivity contribution is 0.0319. The number of ether oxygens (including phenoxy) is 1. The van der Waals surface area contributed by atoms with E-state index in [1.807, 2.05) is 55.5 Å². The van der Waals surface area contributed by atoms with Gasteiger partial charge in [0.2, 0.25) is 0 Å². The van der Waals surface area contributed by atoms with Gasteiger partial charge in [-0.25, -0.2) is 0 Å². The van der Waals surface area contributed by atoms with Gasteiger partial charge in [-0.2, -0.15) is 0 Å². The molecule has 1 atom stereocenters. The molecule has 1 aliphatic rings. The highest BCUT2D eigenvalue weighted by Crippen LogP contribution is 2.31. The highest BCUT2D eigenvalue weighted by Gasteiger charge is 2.25. The minimum Gasteiger partial charge on any atom is -0.456 e. The number of hydrogen-bond donors (Lipinski definition) is 1. The van der Waals surface area contributed by atoms with Crippen molar-refractivity contribution in [1.29, 1.82) is 0 Å². The summed E-state index contributed by atoms with van der Waals surface area (Å²) in [5.74, 6) is 2.39. The highest BCUT2D eigenvalue weighted by molar-refractivity contribution is 9.10. The van der Waals surface area contributed by atoms with Crippen LogP contribution < -0.4 is 4.74 Å². The van der Waals surface area contributed by atoms with Crippen LogP contribution in [0.3, 0.4) is 0 Å². The van der Waals surface area contributed by atoms with Crippen molar-refractivity contribution < 1.29 is 9.84 Å². The molecule has 1 heterocycles. The molecule has 3 nitrogen and oxygen atoms in total. The summed E-state index contributed by atoms with van der Waals surface area (Å²) in [4.78, 5) is 2.47. The molecule has 1 aliphatic heterocycles. The summed E-state index contributed by atoms with van der Waals surface area (Å²) in [6.45, 7) is 7.47. The van der Waals surface area contributed by atoms with E-state index < -0.39 is 5.60 Å². The molecule has 0 saturated carbocycles. The first-order valence-electron chi connectivity index (χ1n) is 9.42. The van der Waals surface area contributed by atoms with Crippen LogP contribution in [0.25, 0.3) is 0 Å². The van der Waals surface area contributed by atoms with E-state index in [2.05, 4.69) is 27.8 Å². The summed E-state index contributed by atoms with van der Waals surface area (Å²) in [6.07, 6.45) is 3.28. The smallest absolute Gasteiger partial charge is 0.141 e. The third-order valence-corrected chi connectivity index (χ3v) is 5.99. The van der Waals surface area contributed by atoms with Crippen LogP contribution in [0, 0.1) is 5.92 Å². The zero-order valence-electron chi connectivity index (χ0n) is 15.6. The van der Waals surface area contributed by atoms with Gasteiger partial charge in [-0.15, -0.1) is 0 Å². The Balaban J connectivity index is 1.58. The van der Waals surface area contributed by atoms with Crippen molar-refractivity contribution in [2.75, 3.05) is 19.6 Å². The van der Waals surface area contributed by atoms with Crippen molar-refractivity contribution in [3.05, 3.63) is 58.6 Å². The van der Waals surface area contributed by atoms with E-state index in [-0.39, 0.29) is 0 Å². The summed E-state index contributed by atoms with van der Waals surface area (Å²) in [6, 6.07) is 15.6. The third-order valence-electron chi connectivity index (χ3n) is 5.33. The van der Waals surface area contributed by atoms with Gasteiger partial charge in [-0.1, -0.05) is 31.2 Å². The number of hydrogen-bond acceptors (Lipinski definition) is 3. The molecule has 0 bridgehead atoms. The summed E-state index contributed by atoms with van der Waals surface area (Å²) < 4.78 is 6.83. The van der Waals surface area contributed by atoms with Gasteiger partial charge in [0.1, 0.15) is 11.5 Å². The fraction of sp³-hybridized carbons (Fsp3) is 0.455. The summed E-state index contributed by atoms with van der Waals surface area (Å²) in [5, 5.41) is 10.9. The monoisotopic (exact) mass is 417 g/mol. The van der Waals surface area contributed by atoms with E-state index >= 15 is 0 Å². The zero-order chi connectivity index (χ0) is 18.6. The van der Waals surface area contributed by atoms with E-state index in [1.165, 1.54) is 12.8 Å². The Morgan fingerprint density at radius 3 is 2.42 bits per heavy atom. The molecule has 0 aliphatic carbocycles. The number of benzene rings is 2. The maximum atomic E-state index is 10.9. The van der Waals surface area contributed by atoms with Crippen molar-refractivity contribution >= 4 is 15.9 Å². The molecule has 3 rings (SSSR count). The SMILES string of the molecule is CC1CCN(CCC(C)(O)c2ccc(Oc3ccccc3Br)cc2)CC1. The number of para-hydroxylation sites is 1. The van der Waals surface area contributed by atoms with Crippen LogP contribution >= 0.6 is 15.9 Å². The highest BCUT2D eigenvalue weighted by atomic mass is 79.9. The number of rotatable bonds is 6. The normalized spacial score (nSPS) is 18.5. The molecule has 1 fully saturated rings. The van der Waals surface area contributed by atoms with Gasteiger partial charge >= 0.3 is 0 Å². The van der Waals surface area contributed by atoms with Crippen molar-refractivity contribution in [2.24, 2.45) is 5.92 Å². The van der Waals surface area contributed by atoms with Crippen molar-refractivity contribution in [1.82, 2.24) is 4.90 Å². The molecule has 1 unspecified atom stereocenters. The predicted molar refractivity (Wildman–Crippen MR) is 110 cm³/mol. The van der Waals surface area contributed by atoms with E-state index in [4.69, 9.17) is 4.74 Å². The van der Waals surface area contributed by atoms with Gasteiger partial charge in [0, 0.05) is 6.54 Å². The van der Waals surface area contributed by atoms with Gasteiger partial charge in [-0.05, 0) is 91.0 Å². The van der Waals surface area contributed by atoms with Crippen molar-refractivity contribution in [3.63, 3.8) is 0 Å². The van der Waals surface area contributed by atoms with Crippen LogP contribution in [0.1, 0.15) is 38.7 Å². The summed E-state index contributed by atoms with van der Waals surface area (Å²) in [7, 11) is 0. The lowest BCUT2D eigenvalue weighted by Gasteiger charge is -2.33. The molecule has 26 heavy (non-hydrogen) atoms. The first-order valence-corrected chi connectivity index (χ1v) is 10.2. The van der Waals surface area contributed by atoms with Gasteiger partial charge < -0.3 is 14.7 Å². The fourth-order valence-electron chi connectivity index (χ4n) is 3.34. The summed E-state index contributed by atoms with van der Waals surface area (Å²) >= 11 is 3.49. The Hall–Kier alpha value is -1.36. The fourth-order valence-corrected chi connectivity index (χ4v) is 3.71.